The molecule has 2 atom stereocenters. The maximum Gasteiger partial charge on any atom is 0.407 e. The van der Waals surface area contributed by atoms with Crippen molar-refractivity contribution in [2.24, 2.45) is 5.92 Å². The minimum atomic E-state index is -0.446. The standard InChI is InChI=1S/C9H15NO3/c1-6(11)7-4-3-5-8(7)10-9(12)13-2/h7-8H,3-5H2,1-2H3,(H,10,12)/t7-,8+/m1/s1. The van der Waals surface area contributed by atoms with E-state index in [0.717, 1.165) is 19.3 Å². The fourth-order valence-electron chi connectivity index (χ4n) is 1.83. The number of amides is 1. The summed E-state index contributed by atoms with van der Waals surface area (Å²) in [5, 5.41) is 2.68. The van der Waals surface area contributed by atoms with Crippen LogP contribution in [0.1, 0.15) is 26.2 Å². The molecule has 1 rings (SSSR count). The summed E-state index contributed by atoms with van der Waals surface area (Å²) in [6.07, 6.45) is 2.31. The molecule has 0 bridgehead atoms. The Hall–Kier alpha value is -1.06. The van der Waals surface area contributed by atoms with E-state index in [1.54, 1.807) is 6.92 Å². The largest absolute Gasteiger partial charge is 0.453 e. The van der Waals surface area contributed by atoms with E-state index in [1.165, 1.54) is 7.11 Å². The average molecular weight is 185 g/mol. The zero-order valence-corrected chi connectivity index (χ0v) is 8.00. The predicted octanol–water partition coefficient (Wildman–Crippen LogP) is 1.10. The van der Waals surface area contributed by atoms with Gasteiger partial charge >= 0.3 is 6.09 Å². The molecule has 0 aromatic carbocycles. The number of hydrogen-bond acceptors (Lipinski definition) is 3. The number of Topliss-reactive ketones (excluding diaryl/α,β-unsaturated/α-hetero) is 1. The van der Waals surface area contributed by atoms with E-state index in [2.05, 4.69) is 10.1 Å². The van der Waals surface area contributed by atoms with E-state index in [1.807, 2.05) is 0 Å². The van der Waals surface area contributed by atoms with Gasteiger partial charge in [0.2, 0.25) is 0 Å². The number of carbonyl (C=O) groups is 2. The van der Waals surface area contributed by atoms with Crippen LogP contribution in [0.5, 0.6) is 0 Å². The van der Waals surface area contributed by atoms with Gasteiger partial charge in [-0.1, -0.05) is 6.42 Å². The number of carbonyl (C=O) groups excluding carboxylic acids is 2. The van der Waals surface area contributed by atoms with E-state index >= 15 is 0 Å². The van der Waals surface area contributed by atoms with Crippen molar-refractivity contribution in [3.8, 4) is 0 Å². The van der Waals surface area contributed by atoms with E-state index in [4.69, 9.17) is 0 Å². The van der Waals surface area contributed by atoms with Crippen LogP contribution >= 0.6 is 0 Å². The Morgan fingerprint density at radius 3 is 2.62 bits per heavy atom. The van der Waals surface area contributed by atoms with Crippen LogP contribution in [0.2, 0.25) is 0 Å². The molecular formula is C9H15NO3. The lowest BCUT2D eigenvalue weighted by atomic mass is 10.00. The number of methoxy groups -OCH3 is 1. The van der Waals surface area contributed by atoms with Gasteiger partial charge in [-0.3, -0.25) is 4.79 Å². The van der Waals surface area contributed by atoms with Crippen molar-refractivity contribution >= 4 is 11.9 Å². The van der Waals surface area contributed by atoms with Gasteiger partial charge in [-0.15, -0.1) is 0 Å². The molecule has 0 aliphatic heterocycles. The lowest BCUT2D eigenvalue weighted by Crippen LogP contribution is -2.39. The quantitative estimate of drug-likeness (QED) is 0.700. The molecule has 1 amide bonds. The van der Waals surface area contributed by atoms with Crippen molar-refractivity contribution in [3.63, 3.8) is 0 Å². The second kappa shape index (κ2) is 4.25. The summed E-state index contributed by atoms with van der Waals surface area (Å²) in [4.78, 5) is 22.0. The Morgan fingerprint density at radius 2 is 2.08 bits per heavy atom. The topological polar surface area (TPSA) is 55.4 Å². The third-order valence-electron chi connectivity index (χ3n) is 2.53. The maximum absolute atomic E-state index is 11.1. The molecule has 1 aliphatic rings. The summed E-state index contributed by atoms with van der Waals surface area (Å²) >= 11 is 0. The summed E-state index contributed by atoms with van der Waals surface area (Å²) in [5.74, 6) is 0.137. The monoisotopic (exact) mass is 185 g/mol. The molecule has 1 saturated carbocycles. The highest BCUT2D eigenvalue weighted by atomic mass is 16.5. The number of alkyl carbamates (subject to hydrolysis) is 1. The summed E-state index contributed by atoms with van der Waals surface area (Å²) in [5.41, 5.74) is 0. The number of ether oxygens (including phenoxy) is 1. The molecule has 0 aromatic rings. The van der Waals surface area contributed by atoms with Gasteiger partial charge in [-0.25, -0.2) is 4.79 Å². The van der Waals surface area contributed by atoms with Crippen molar-refractivity contribution in [3.05, 3.63) is 0 Å². The first kappa shape index (κ1) is 10.0. The molecule has 4 heteroatoms. The van der Waals surface area contributed by atoms with Crippen molar-refractivity contribution in [1.82, 2.24) is 5.32 Å². The second-order valence-corrected chi connectivity index (χ2v) is 3.39. The van der Waals surface area contributed by atoms with Crippen LogP contribution in [0.3, 0.4) is 0 Å². The first-order chi connectivity index (χ1) is 6.15. The molecular weight excluding hydrogens is 170 g/mol. The van der Waals surface area contributed by atoms with Gasteiger partial charge in [-0.2, -0.15) is 0 Å². The molecule has 0 spiro atoms. The van der Waals surface area contributed by atoms with Crippen molar-refractivity contribution in [2.75, 3.05) is 7.11 Å². The third-order valence-corrected chi connectivity index (χ3v) is 2.53. The van der Waals surface area contributed by atoms with Gasteiger partial charge in [0.25, 0.3) is 0 Å². The fraction of sp³-hybridized carbons (Fsp3) is 0.778. The Kier molecular flexibility index (Phi) is 3.28. The van der Waals surface area contributed by atoms with Crippen molar-refractivity contribution in [1.29, 1.82) is 0 Å². The molecule has 1 aliphatic carbocycles. The first-order valence-corrected chi connectivity index (χ1v) is 4.50. The molecule has 0 aromatic heterocycles. The van der Waals surface area contributed by atoms with Gasteiger partial charge < -0.3 is 10.1 Å². The highest BCUT2D eigenvalue weighted by Gasteiger charge is 2.31. The summed E-state index contributed by atoms with van der Waals surface area (Å²) < 4.78 is 4.48. The third kappa shape index (κ3) is 2.44. The normalized spacial score (nSPS) is 26.9. The zero-order valence-electron chi connectivity index (χ0n) is 8.00. The second-order valence-electron chi connectivity index (χ2n) is 3.39. The lowest BCUT2D eigenvalue weighted by Gasteiger charge is -2.17. The molecule has 0 radical (unpaired) electrons. The zero-order chi connectivity index (χ0) is 9.84. The van der Waals surface area contributed by atoms with Gasteiger partial charge in [0.05, 0.1) is 7.11 Å². The highest BCUT2D eigenvalue weighted by molar-refractivity contribution is 5.80. The van der Waals surface area contributed by atoms with E-state index in [0.29, 0.717) is 0 Å². The van der Waals surface area contributed by atoms with Crippen LogP contribution in [0.25, 0.3) is 0 Å². The minimum Gasteiger partial charge on any atom is -0.453 e. The first-order valence-electron chi connectivity index (χ1n) is 4.50. The molecule has 74 valence electrons. The summed E-state index contributed by atoms with van der Waals surface area (Å²) in [6, 6.07) is -0.0232. The molecule has 1 N–H and O–H groups in total. The number of ketones is 1. The lowest BCUT2D eigenvalue weighted by molar-refractivity contribution is -0.121. The van der Waals surface area contributed by atoms with Crippen molar-refractivity contribution in [2.45, 2.75) is 32.2 Å². The highest BCUT2D eigenvalue weighted by Crippen LogP contribution is 2.26. The van der Waals surface area contributed by atoms with E-state index < -0.39 is 6.09 Å². The Morgan fingerprint density at radius 1 is 1.38 bits per heavy atom. The molecule has 0 heterocycles. The number of rotatable bonds is 2. The molecule has 1 fully saturated rings. The molecule has 4 nitrogen and oxygen atoms in total. The van der Waals surface area contributed by atoms with E-state index in [-0.39, 0.29) is 17.7 Å². The Balaban J connectivity index is 2.48. The predicted molar refractivity (Wildman–Crippen MR) is 47.4 cm³/mol. The number of nitrogens with one attached hydrogen (secondary N) is 1. The van der Waals surface area contributed by atoms with Crippen molar-refractivity contribution < 1.29 is 14.3 Å². The maximum atomic E-state index is 11.1. The minimum absolute atomic E-state index is 0.0147. The van der Waals surface area contributed by atoms with Crippen LogP contribution < -0.4 is 5.32 Å². The molecule has 0 unspecified atom stereocenters. The number of hydrogen-bond donors (Lipinski definition) is 1. The Bertz CT molecular complexity index is 215. The van der Waals surface area contributed by atoms with Crippen LogP contribution in [-0.4, -0.2) is 25.0 Å². The Labute approximate surface area is 77.6 Å². The van der Waals surface area contributed by atoms with Gasteiger partial charge in [0.1, 0.15) is 5.78 Å². The average Bonchev–Trinajstić information content (AvgIpc) is 2.52. The van der Waals surface area contributed by atoms with Gasteiger partial charge in [0, 0.05) is 12.0 Å². The van der Waals surface area contributed by atoms with Crippen LogP contribution in [0, 0.1) is 5.92 Å². The van der Waals surface area contributed by atoms with Gasteiger partial charge in [0.15, 0.2) is 0 Å². The van der Waals surface area contributed by atoms with Gasteiger partial charge in [-0.05, 0) is 19.8 Å². The van der Waals surface area contributed by atoms with Crippen LogP contribution in [0.4, 0.5) is 4.79 Å². The van der Waals surface area contributed by atoms with Crippen LogP contribution in [0.15, 0.2) is 0 Å². The smallest absolute Gasteiger partial charge is 0.407 e. The fourth-order valence-corrected chi connectivity index (χ4v) is 1.83. The molecule has 0 saturated heterocycles. The summed E-state index contributed by atoms with van der Waals surface area (Å²) in [7, 11) is 1.33. The SMILES string of the molecule is COC(=O)N[C@H]1CCC[C@@H]1C(C)=O. The van der Waals surface area contributed by atoms with Crippen LogP contribution in [-0.2, 0) is 9.53 Å². The summed E-state index contributed by atoms with van der Waals surface area (Å²) in [6.45, 7) is 1.57. The van der Waals surface area contributed by atoms with E-state index in [9.17, 15) is 9.59 Å². The molecule has 13 heavy (non-hydrogen) atoms.